The Hall–Kier alpha value is -1.46. The van der Waals surface area contributed by atoms with Crippen molar-refractivity contribution in [3.8, 4) is 0 Å². The fourth-order valence-corrected chi connectivity index (χ4v) is 4.37. The Morgan fingerprint density at radius 2 is 1.88 bits per heavy atom. The average Bonchev–Trinajstić information content (AvgIpc) is 2.54. The lowest BCUT2D eigenvalue weighted by molar-refractivity contribution is -0.143. The van der Waals surface area contributed by atoms with Crippen LogP contribution in [0.15, 0.2) is 24.5 Å². The van der Waals surface area contributed by atoms with E-state index < -0.39 is 0 Å². The standard InChI is InChI=1S/C19H27N3O2/c1-24-17-13-22(18(17)14-5-9-20-10-6-14)16-7-11-21(12-8-16)19(23)15-3-2-4-15/h5-6,9-10,15-18H,2-4,7-8,11-13H2,1H3/t17-,18-/m0/s1. The number of methoxy groups -OCH3 is 1. The van der Waals surface area contributed by atoms with Gasteiger partial charge in [-0.1, -0.05) is 6.42 Å². The highest BCUT2D eigenvalue weighted by Crippen LogP contribution is 2.39. The Morgan fingerprint density at radius 3 is 2.46 bits per heavy atom. The Morgan fingerprint density at radius 1 is 1.17 bits per heavy atom. The van der Waals surface area contributed by atoms with Gasteiger partial charge in [-0.3, -0.25) is 14.7 Å². The number of amides is 1. The van der Waals surface area contributed by atoms with Crippen LogP contribution in [0, 0.1) is 5.92 Å². The molecule has 5 nitrogen and oxygen atoms in total. The van der Waals surface area contributed by atoms with Crippen LogP contribution in [0.3, 0.4) is 0 Å². The second-order valence-corrected chi connectivity index (χ2v) is 7.38. The fourth-order valence-electron chi connectivity index (χ4n) is 4.37. The van der Waals surface area contributed by atoms with Gasteiger partial charge in [-0.05, 0) is 43.4 Å². The third-order valence-corrected chi connectivity index (χ3v) is 6.15. The smallest absolute Gasteiger partial charge is 0.225 e. The molecular formula is C19H27N3O2. The van der Waals surface area contributed by atoms with Crippen molar-refractivity contribution in [1.82, 2.24) is 14.8 Å². The van der Waals surface area contributed by atoms with Gasteiger partial charge in [0.25, 0.3) is 0 Å². The number of hydrogen-bond acceptors (Lipinski definition) is 4. The molecule has 0 aromatic carbocycles. The zero-order chi connectivity index (χ0) is 16.5. The summed E-state index contributed by atoms with van der Waals surface area (Å²) in [6.07, 6.45) is 9.58. The first-order chi connectivity index (χ1) is 11.8. The molecule has 1 saturated carbocycles. The molecule has 3 fully saturated rings. The Bertz CT molecular complexity index is 567. The predicted octanol–water partition coefficient (Wildman–Crippen LogP) is 2.24. The highest BCUT2D eigenvalue weighted by molar-refractivity contribution is 5.79. The van der Waals surface area contributed by atoms with E-state index >= 15 is 0 Å². The summed E-state index contributed by atoms with van der Waals surface area (Å²) in [6, 6.07) is 5.08. The van der Waals surface area contributed by atoms with E-state index in [-0.39, 0.29) is 6.10 Å². The SMILES string of the molecule is CO[C@H]1CN(C2CCN(C(=O)C3CCC3)CC2)[C@H]1c1ccncc1. The maximum atomic E-state index is 12.4. The van der Waals surface area contributed by atoms with Gasteiger partial charge in [0, 0.05) is 51.1 Å². The Kier molecular flexibility index (Phi) is 4.55. The van der Waals surface area contributed by atoms with Crippen molar-refractivity contribution in [3.05, 3.63) is 30.1 Å². The number of pyridine rings is 1. The molecule has 0 spiro atoms. The van der Waals surface area contributed by atoms with Crippen LogP contribution in [0.1, 0.15) is 43.7 Å². The normalized spacial score (nSPS) is 29.1. The molecule has 1 aromatic rings. The van der Waals surface area contributed by atoms with E-state index in [1.165, 1.54) is 12.0 Å². The molecule has 0 radical (unpaired) electrons. The van der Waals surface area contributed by atoms with Crippen molar-refractivity contribution in [2.45, 2.75) is 50.3 Å². The molecule has 1 aliphatic carbocycles. The van der Waals surface area contributed by atoms with Crippen LogP contribution in [-0.2, 0) is 9.53 Å². The molecule has 0 unspecified atom stereocenters. The summed E-state index contributed by atoms with van der Waals surface area (Å²) < 4.78 is 5.66. The Balaban J connectivity index is 1.37. The summed E-state index contributed by atoms with van der Waals surface area (Å²) in [6.45, 7) is 2.82. The molecule has 130 valence electrons. The lowest BCUT2D eigenvalue weighted by Crippen LogP contribution is -2.60. The quantitative estimate of drug-likeness (QED) is 0.850. The van der Waals surface area contributed by atoms with Crippen molar-refractivity contribution in [2.24, 2.45) is 5.92 Å². The van der Waals surface area contributed by atoms with E-state index in [4.69, 9.17) is 4.74 Å². The second-order valence-electron chi connectivity index (χ2n) is 7.38. The van der Waals surface area contributed by atoms with Crippen LogP contribution in [0.25, 0.3) is 0 Å². The first kappa shape index (κ1) is 16.0. The Labute approximate surface area is 144 Å². The van der Waals surface area contributed by atoms with Crippen LogP contribution >= 0.6 is 0 Å². The zero-order valence-electron chi connectivity index (χ0n) is 14.4. The number of rotatable bonds is 4. The maximum absolute atomic E-state index is 12.4. The van der Waals surface area contributed by atoms with E-state index in [0.29, 0.717) is 23.9 Å². The highest BCUT2D eigenvalue weighted by atomic mass is 16.5. The summed E-state index contributed by atoms with van der Waals surface area (Å²) in [5.41, 5.74) is 1.29. The van der Waals surface area contributed by atoms with Crippen LogP contribution in [0.5, 0.6) is 0 Å². The zero-order valence-corrected chi connectivity index (χ0v) is 14.4. The summed E-state index contributed by atoms with van der Waals surface area (Å²) in [5, 5.41) is 0. The summed E-state index contributed by atoms with van der Waals surface area (Å²) >= 11 is 0. The number of piperidine rings is 1. The summed E-state index contributed by atoms with van der Waals surface area (Å²) in [5.74, 6) is 0.733. The van der Waals surface area contributed by atoms with Crippen molar-refractivity contribution < 1.29 is 9.53 Å². The minimum absolute atomic E-state index is 0.266. The van der Waals surface area contributed by atoms with E-state index in [1.807, 2.05) is 12.4 Å². The van der Waals surface area contributed by atoms with Gasteiger partial charge in [-0.2, -0.15) is 0 Å². The maximum Gasteiger partial charge on any atom is 0.225 e. The minimum atomic E-state index is 0.266. The molecule has 2 aliphatic heterocycles. The number of ether oxygens (including phenoxy) is 1. The number of aromatic nitrogens is 1. The number of hydrogen-bond donors (Lipinski definition) is 0. The largest absolute Gasteiger partial charge is 0.378 e. The monoisotopic (exact) mass is 329 g/mol. The molecule has 5 heteroatoms. The van der Waals surface area contributed by atoms with Gasteiger partial charge in [-0.15, -0.1) is 0 Å². The van der Waals surface area contributed by atoms with E-state index in [0.717, 1.165) is 45.3 Å². The number of nitrogens with zero attached hydrogens (tertiary/aromatic N) is 3. The van der Waals surface area contributed by atoms with Gasteiger partial charge in [0.1, 0.15) is 0 Å². The minimum Gasteiger partial charge on any atom is -0.378 e. The highest BCUT2D eigenvalue weighted by Gasteiger charge is 2.45. The first-order valence-electron chi connectivity index (χ1n) is 9.25. The van der Waals surface area contributed by atoms with E-state index in [2.05, 4.69) is 26.9 Å². The fraction of sp³-hybridized carbons (Fsp3) is 0.684. The summed E-state index contributed by atoms with van der Waals surface area (Å²) in [7, 11) is 1.80. The first-order valence-corrected chi connectivity index (χ1v) is 9.25. The van der Waals surface area contributed by atoms with Gasteiger partial charge in [-0.25, -0.2) is 0 Å². The van der Waals surface area contributed by atoms with Crippen molar-refractivity contribution in [3.63, 3.8) is 0 Å². The van der Waals surface area contributed by atoms with Gasteiger partial charge in [0.15, 0.2) is 0 Å². The second kappa shape index (κ2) is 6.81. The average molecular weight is 329 g/mol. The van der Waals surface area contributed by atoms with Gasteiger partial charge in [0.2, 0.25) is 5.91 Å². The van der Waals surface area contributed by atoms with Crippen LogP contribution in [0.2, 0.25) is 0 Å². The number of likely N-dealkylation sites (tertiary alicyclic amines) is 2. The summed E-state index contributed by atoms with van der Waals surface area (Å²) in [4.78, 5) is 21.2. The molecule has 0 N–H and O–H groups in total. The lowest BCUT2D eigenvalue weighted by Gasteiger charge is -2.53. The number of carbonyl (C=O) groups excluding carboxylic acids is 1. The molecule has 3 heterocycles. The molecule has 2 saturated heterocycles. The van der Waals surface area contributed by atoms with Gasteiger partial charge < -0.3 is 9.64 Å². The number of carbonyl (C=O) groups is 1. The van der Waals surface area contributed by atoms with Gasteiger partial charge >= 0.3 is 0 Å². The lowest BCUT2D eigenvalue weighted by atomic mass is 9.83. The molecule has 3 aliphatic rings. The van der Waals surface area contributed by atoms with Crippen molar-refractivity contribution in [2.75, 3.05) is 26.7 Å². The van der Waals surface area contributed by atoms with Crippen LogP contribution in [-0.4, -0.2) is 59.6 Å². The molecule has 2 atom stereocenters. The molecule has 1 amide bonds. The molecule has 24 heavy (non-hydrogen) atoms. The van der Waals surface area contributed by atoms with Gasteiger partial charge in [0.05, 0.1) is 12.1 Å². The molecule has 4 rings (SSSR count). The van der Waals surface area contributed by atoms with E-state index in [1.54, 1.807) is 7.11 Å². The van der Waals surface area contributed by atoms with Crippen molar-refractivity contribution >= 4 is 5.91 Å². The molecule has 0 bridgehead atoms. The van der Waals surface area contributed by atoms with E-state index in [9.17, 15) is 4.79 Å². The van der Waals surface area contributed by atoms with Crippen LogP contribution in [0.4, 0.5) is 0 Å². The third kappa shape index (κ3) is 2.84. The topological polar surface area (TPSA) is 45.7 Å². The molecular weight excluding hydrogens is 302 g/mol. The molecule has 1 aromatic heterocycles. The van der Waals surface area contributed by atoms with Crippen molar-refractivity contribution in [1.29, 1.82) is 0 Å². The third-order valence-electron chi connectivity index (χ3n) is 6.15. The predicted molar refractivity (Wildman–Crippen MR) is 91.4 cm³/mol. The van der Waals surface area contributed by atoms with Crippen LogP contribution < -0.4 is 0 Å².